The van der Waals surface area contributed by atoms with E-state index in [1.54, 1.807) is 37.5 Å². The highest BCUT2D eigenvalue weighted by atomic mass is 79.9. The first-order valence-electron chi connectivity index (χ1n) is 4.83. The van der Waals surface area contributed by atoms with Gasteiger partial charge in [-0.15, -0.1) is 0 Å². The van der Waals surface area contributed by atoms with E-state index in [4.69, 9.17) is 16.3 Å². The maximum atomic E-state index is 5.85. The van der Waals surface area contributed by atoms with Gasteiger partial charge in [-0.2, -0.15) is 4.98 Å². The number of hydrogen-bond donors (Lipinski definition) is 1. The molecule has 0 amide bonds. The summed E-state index contributed by atoms with van der Waals surface area (Å²) in [5.41, 5.74) is 0. The molecule has 0 radical (unpaired) electrons. The quantitative estimate of drug-likeness (QED) is 0.938. The Morgan fingerprint density at radius 1 is 1.35 bits per heavy atom. The van der Waals surface area contributed by atoms with Crippen LogP contribution in [0.4, 0.5) is 5.95 Å². The van der Waals surface area contributed by atoms with Crippen LogP contribution in [0.25, 0.3) is 0 Å². The van der Waals surface area contributed by atoms with Crippen molar-refractivity contribution >= 4 is 33.5 Å². The monoisotopic (exact) mass is 313 g/mol. The lowest BCUT2D eigenvalue weighted by atomic mass is 10.3. The smallest absolute Gasteiger partial charge is 0.225 e. The molecule has 2 aromatic rings. The zero-order valence-corrected chi connectivity index (χ0v) is 11.3. The summed E-state index contributed by atoms with van der Waals surface area (Å²) in [6, 6.07) is 6.97. The fourth-order valence-corrected chi connectivity index (χ4v) is 1.95. The van der Waals surface area contributed by atoms with Gasteiger partial charge in [0.25, 0.3) is 0 Å². The zero-order chi connectivity index (χ0) is 12.3. The number of nitrogens with one attached hydrogen (secondary N) is 1. The summed E-state index contributed by atoms with van der Waals surface area (Å²) in [6.45, 7) is 0. The predicted molar refractivity (Wildman–Crippen MR) is 70.8 cm³/mol. The minimum Gasteiger partial charge on any atom is -0.438 e. The molecule has 1 aromatic carbocycles. The molecule has 17 heavy (non-hydrogen) atoms. The molecule has 0 saturated carbocycles. The van der Waals surface area contributed by atoms with Crippen LogP contribution in [0.3, 0.4) is 0 Å². The maximum Gasteiger partial charge on any atom is 0.225 e. The average Bonchev–Trinajstić information content (AvgIpc) is 2.33. The van der Waals surface area contributed by atoms with Crippen molar-refractivity contribution in [3.05, 3.63) is 40.0 Å². The first-order valence-corrected chi connectivity index (χ1v) is 6.00. The number of rotatable bonds is 3. The molecule has 0 atom stereocenters. The van der Waals surface area contributed by atoms with Crippen LogP contribution >= 0.6 is 27.5 Å². The minimum atomic E-state index is 0.465. The first kappa shape index (κ1) is 12.1. The molecule has 0 fully saturated rings. The largest absolute Gasteiger partial charge is 0.438 e. The molecular formula is C11H9BrClN3O. The number of aromatic nitrogens is 2. The van der Waals surface area contributed by atoms with E-state index in [9.17, 15) is 0 Å². The van der Waals surface area contributed by atoms with Gasteiger partial charge in [-0.1, -0.05) is 11.6 Å². The van der Waals surface area contributed by atoms with Crippen molar-refractivity contribution in [1.82, 2.24) is 9.97 Å². The summed E-state index contributed by atoms with van der Waals surface area (Å²) in [5, 5.41) is 3.48. The van der Waals surface area contributed by atoms with Gasteiger partial charge >= 0.3 is 0 Å². The van der Waals surface area contributed by atoms with Crippen molar-refractivity contribution in [2.45, 2.75) is 0 Å². The number of ether oxygens (including phenoxy) is 1. The van der Waals surface area contributed by atoms with E-state index in [-0.39, 0.29) is 0 Å². The van der Waals surface area contributed by atoms with Crippen molar-refractivity contribution in [3.8, 4) is 11.6 Å². The van der Waals surface area contributed by atoms with Gasteiger partial charge in [0.1, 0.15) is 5.75 Å². The molecule has 0 spiro atoms. The van der Waals surface area contributed by atoms with E-state index >= 15 is 0 Å². The topological polar surface area (TPSA) is 47.0 Å². The molecule has 1 aromatic heterocycles. The molecule has 0 bridgehead atoms. The van der Waals surface area contributed by atoms with Gasteiger partial charge < -0.3 is 10.1 Å². The summed E-state index contributed by atoms with van der Waals surface area (Å²) in [7, 11) is 1.75. The van der Waals surface area contributed by atoms with Gasteiger partial charge in [-0.05, 0) is 34.1 Å². The van der Waals surface area contributed by atoms with E-state index in [1.165, 1.54) is 0 Å². The Balaban J connectivity index is 2.25. The summed E-state index contributed by atoms with van der Waals surface area (Å²) in [6.07, 6.45) is 1.62. The van der Waals surface area contributed by atoms with Gasteiger partial charge in [-0.25, -0.2) is 4.98 Å². The molecule has 1 N–H and O–H groups in total. The molecule has 0 aliphatic rings. The molecular weight excluding hydrogens is 305 g/mol. The summed E-state index contributed by atoms with van der Waals surface area (Å²) in [5.74, 6) is 1.62. The minimum absolute atomic E-state index is 0.465. The number of anilines is 1. The van der Waals surface area contributed by atoms with E-state index in [2.05, 4.69) is 31.2 Å². The third-order valence-corrected chi connectivity index (χ3v) is 2.82. The Morgan fingerprint density at radius 2 is 2.18 bits per heavy atom. The van der Waals surface area contributed by atoms with Crippen LogP contribution in [0.2, 0.25) is 5.02 Å². The fraction of sp³-hybridized carbons (Fsp3) is 0.0909. The lowest BCUT2D eigenvalue weighted by molar-refractivity contribution is 0.459. The fourth-order valence-electron chi connectivity index (χ4n) is 1.19. The second kappa shape index (κ2) is 5.33. The Bertz CT molecular complexity index is 536. The van der Waals surface area contributed by atoms with Crippen molar-refractivity contribution in [2.75, 3.05) is 12.4 Å². The Morgan fingerprint density at radius 3 is 2.88 bits per heavy atom. The zero-order valence-electron chi connectivity index (χ0n) is 8.95. The van der Waals surface area contributed by atoms with E-state index in [1.807, 2.05) is 0 Å². The Hall–Kier alpha value is -1.33. The lowest BCUT2D eigenvalue weighted by Gasteiger charge is -2.07. The second-order valence-electron chi connectivity index (χ2n) is 3.15. The number of halogens is 2. The van der Waals surface area contributed by atoms with Crippen molar-refractivity contribution in [1.29, 1.82) is 0 Å². The SMILES string of the molecule is CNc1nccc(Oc2ccc(Cl)cc2Br)n1. The Kier molecular flexibility index (Phi) is 3.81. The van der Waals surface area contributed by atoms with E-state index in [0.717, 1.165) is 4.47 Å². The molecule has 2 rings (SSSR count). The summed E-state index contributed by atoms with van der Waals surface area (Å²) in [4.78, 5) is 8.15. The lowest BCUT2D eigenvalue weighted by Crippen LogP contribution is -1.97. The number of benzene rings is 1. The Labute approximate surface area is 112 Å². The third kappa shape index (κ3) is 3.08. The van der Waals surface area contributed by atoms with Gasteiger partial charge in [0.05, 0.1) is 4.47 Å². The average molecular weight is 315 g/mol. The van der Waals surface area contributed by atoms with Gasteiger partial charge in [0.15, 0.2) is 0 Å². The molecule has 0 unspecified atom stereocenters. The molecule has 0 aliphatic heterocycles. The van der Waals surface area contributed by atoms with Gasteiger partial charge in [-0.3, -0.25) is 0 Å². The highest BCUT2D eigenvalue weighted by molar-refractivity contribution is 9.10. The van der Waals surface area contributed by atoms with E-state index < -0.39 is 0 Å². The number of nitrogens with zero attached hydrogens (tertiary/aromatic N) is 2. The van der Waals surface area contributed by atoms with Gasteiger partial charge in [0, 0.05) is 24.3 Å². The van der Waals surface area contributed by atoms with Crippen LogP contribution in [-0.2, 0) is 0 Å². The van der Waals surface area contributed by atoms with Crippen LogP contribution in [0.5, 0.6) is 11.6 Å². The van der Waals surface area contributed by atoms with Crippen molar-refractivity contribution in [3.63, 3.8) is 0 Å². The second-order valence-corrected chi connectivity index (χ2v) is 4.44. The van der Waals surface area contributed by atoms with Gasteiger partial charge in [0.2, 0.25) is 11.8 Å². The molecule has 0 aliphatic carbocycles. The maximum absolute atomic E-state index is 5.85. The molecule has 4 nitrogen and oxygen atoms in total. The molecule has 6 heteroatoms. The third-order valence-electron chi connectivity index (χ3n) is 1.96. The predicted octanol–water partition coefficient (Wildman–Crippen LogP) is 3.73. The van der Waals surface area contributed by atoms with Crippen LogP contribution < -0.4 is 10.1 Å². The van der Waals surface area contributed by atoms with Crippen molar-refractivity contribution in [2.24, 2.45) is 0 Å². The standard InChI is InChI=1S/C11H9BrClN3O/c1-14-11-15-5-4-10(16-11)17-9-3-2-7(13)6-8(9)12/h2-6H,1H3,(H,14,15,16). The highest BCUT2D eigenvalue weighted by Crippen LogP contribution is 2.31. The van der Waals surface area contributed by atoms with Crippen LogP contribution in [-0.4, -0.2) is 17.0 Å². The van der Waals surface area contributed by atoms with Crippen molar-refractivity contribution < 1.29 is 4.74 Å². The summed E-state index contributed by atoms with van der Waals surface area (Å²) < 4.78 is 6.38. The summed E-state index contributed by atoms with van der Waals surface area (Å²) >= 11 is 9.22. The van der Waals surface area contributed by atoms with E-state index in [0.29, 0.717) is 22.6 Å². The van der Waals surface area contributed by atoms with Crippen LogP contribution in [0.15, 0.2) is 34.9 Å². The number of hydrogen-bond acceptors (Lipinski definition) is 4. The highest BCUT2D eigenvalue weighted by Gasteiger charge is 2.05. The molecule has 0 saturated heterocycles. The molecule has 1 heterocycles. The van der Waals surface area contributed by atoms with Crippen LogP contribution in [0.1, 0.15) is 0 Å². The normalized spacial score (nSPS) is 10.1. The molecule has 88 valence electrons. The first-order chi connectivity index (χ1) is 8.19. The van der Waals surface area contributed by atoms with Crippen LogP contribution in [0, 0.1) is 0 Å².